The zero-order valence-electron chi connectivity index (χ0n) is 7.59. The van der Waals surface area contributed by atoms with Gasteiger partial charge in [-0.3, -0.25) is 0 Å². The van der Waals surface area contributed by atoms with Crippen LogP contribution in [0.3, 0.4) is 0 Å². The van der Waals surface area contributed by atoms with Gasteiger partial charge in [-0.1, -0.05) is 35.9 Å². The largest absolute Gasteiger partial charge is 0.245 e. The highest BCUT2D eigenvalue weighted by Gasteiger charge is 1.72. The Kier molecular flexibility index (Phi) is 4.25. The molecule has 0 aliphatic rings. The topological polar surface area (TPSA) is 25.8 Å². The van der Waals surface area contributed by atoms with E-state index in [0.29, 0.717) is 0 Å². The molecule has 1 heterocycles. The van der Waals surface area contributed by atoms with Crippen molar-refractivity contribution < 1.29 is 0 Å². The molecule has 1 aromatic carbocycles. The van der Waals surface area contributed by atoms with E-state index in [1.54, 1.807) is 18.5 Å². The first-order valence-electron chi connectivity index (χ1n) is 4.11. The number of rotatable bonds is 0. The van der Waals surface area contributed by atoms with Crippen molar-refractivity contribution in [3.05, 3.63) is 60.7 Å². The average molecular weight is 172 g/mol. The summed E-state index contributed by atoms with van der Waals surface area (Å²) in [6, 6.07) is 12.0. The Balaban J connectivity index is 0.000000132. The second-order valence-corrected chi connectivity index (χ2v) is 2.56. The summed E-state index contributed by atoms with van der Waals surface area (Å²) in [5, 5.41) is 0. The number of aromatic nitrogens is 2. The lowest BCUT2D eigenvalue weighted by Crippen LogP contribution is -1.66. The summed E-state index contributed by atoms with van der Waals surface area (Å²) in [6.45, 7) is 2.08. The van der Waals surface area contributed by atoms with E-state index in [4.69, 9.17) is 0 Å². The van der Waals surface area contributed by atoms with E-state index in [2.05, 4.69) is 29.0 Å². The molecule has 0 amide bonds. The second kappa shape index (κ2) is 5.89. The summed E-state index contributed by atoms with van der Waals surface area (Å²) >= 11 is 0. The summed E-state index contributed by atoms with van der Waals surface area (Å²) in [5.41, 5.74) is 1.32. The molecule has 2 nitrogen and oxygen atoms in total. The molecule has 0 N–H and O–H groups in total. The maximum Gasteiger partial charge on any atom is 0.115 e. The van der Waals surface area contributed by atoms with Gasteiger partial charge in [-0.25, -0.2) is 9.97 Å². The first kappa shape index (κ1) is 9.39. The Morgan fingerprint density at radius 3 is 1.69 bits per heavy atom. The summed E-state index contributed by atoms with van der Waals surface area (Å²) < 4.78 is 0. The number of hydrogen-bond acceptors (Lipinski definition) is 2. The molecule has 0 saturated heterocycles. The molecular formula is C11H12N2. The van der Waals surface area contributed by atoms with Gasteiger partial charge in [0, 0.05) is 12.4 Å². The van der Waals surface area contributed by atoms with Gasteiger partial charge in [-0.05, 0) is 13.0 Å². The Hall–Kier alpha value is -1.70. The Labute approximate surface area is 78.3 Å². The monoisotopic (exact) mass is 172 g/mol. The zero-order valence-corrected chi connectivity index (χ0v) is 7.59. The van der Waals surface area contributed by atoms with Crippen LogP contribution in [-0.4, -0.2) is 9.97 Å². The van der Waals surface area contributed by atoms with Crippen LogP contribution in [0.2, 0.25) is 0 Å². The van der Waals surface area contributed by atoms with Crippen molar-refractivity contribution in [2.45, 2.75) is 6.92 Å². The Morgan fingerprint density at radius 1 is 0.846 bits per heavy atom. The van der Waals surface area contributed by atoms with Crippen LogP contribution < -0.4 is 0 Å². The van der Waals surface area contributed by atoms with E-state index in [0.717, 1.165) is 0 Å². The van der Waals surface area contributed by atoms with Crippen molar-refractivity contribution in [3.63, 3.8) is 0 Å². The van der Waals surface area contributed by atoms with Gasteiger partial charge in [0.15, 0.2) is 0 Å². The molecule has 2 aromatic rings. The van der Waals surface area contributed by atoms with Gasteiger partial charge in [0.1, 0.15) is 6.33 Å². The molecule has 0 unspecified atom stereocenters. The highest BCUT2D eigenvalue weighted by atomic mass is 14.8. The van der Waals surface area contributed by atoms with Gasteiger partial charge in [0.2, 0.25) is 0 Å². The van der Waals surface area contributed by atoms with Gasteiger partial charge in [-0.15, -0.1) is 0 Å². The Morgan fingerprint density at radius 2 is 1.46 bits per heavy atom. The van der Waals surface area contributed by atoms with Crippen molar-refractivity contribution in [1.82, 2.24) is 9.97 Å². The van der Waals surface area contributed by atoms with Gasteiger partial charge >= 0.3 is 0 Å². The fourth-order valence-electron chi connectivity index (χ4n) is 0.788. The fourth-order valence-corrected chi connectivity index (χ4v) is 0.788. The zero-order chi connectivity index (χ0) is 9.36. The van der Waals surface area contributed by atoms with Crippen LogP contribution in [0.4, 0.5) is 0 Å². The minimum Gasteiger partial charge on any atom is -0.245 e. The van der Waals surface area contributed by atoms with Gasteiger partial charge in [-0.2, -0.15) is 0 Å². The third-order valence-electron chi connectivity index (χ3n) is 1.42. The molecule has 0 radical (unpaired) electrons. The highest BCUT2D eigenvalue weighted by molar-refractivity contribution is 5.11. The molecule has 2 heteroatoms. The van der Waals surface area contributed by atoms with Crippen molar-refractivity contribution >= 4 is 0 Å². The molecule has 0 saturated carbocycles. The predicted octanol–water partition coefficient (Wildman–Crippen LogP) is 2.47. The molecular weight excluding hydrogens is 160 g/mol. The van der Waals surface area contributed by atoms with E-state index in [1.165, 1.54) is 11.9 Å². The maximum atomic E-state index is 3.67. The van der Waals surface area contributed by atoms with Crippen LogP contribution in [0.5, 0.6) is 0 Å². The molecule has 13 heavy (non-hydrogen) atoms. The van der Waals surface area contributed by atoms with E-state index >= 15 is 0 Å². The number of nitrogens with zero attached hydrogens (tertiary/aromatic N) is 2. The average Bonchev–Trinajstić information content (AvgIpc) is 2.22. The molecule has 0 aliphatic carbocycles. The minimum absolute atomic E-state index is 1.32. The number of hydrogen-bond donors (Lipinski definition) is 0. The third-order valence-corrected chi connectivity index (χ3v) is 1.42. The summed E-state index contributed by atoms with van der Waals surface area (Å²) in [5.74, 6) is 0. The first-order valence-corrected chi connectivity index (χ1v) is 4.11. The SMILES string of the molecule is Cc1ccccc1.c1cncnc1. The molecule has 0 spiro atoms. The second-order valence-electron chi connectivity index (χ2n) is 2.56. The van der Waals surface area contributed by atoms with Crippen LogP contribution in [0.25, 0.3) is 0 Å². The van der Waals surface area contributed by atoms with Crippen molar-refractivity contribution in [3.8, 4) is 0 Å². The number of aryl methyl sites for hydroxylation is 1. The quantitative estimate of drug-likeness (QED) is 0.610. The summed E-state index contributed by atoms with van der Waals surface area (Å²) in [7, 11) is 0. The fraction of sp³-hybridized carbons (Fsp3) is 0.0909. The highest BCUT2D eigenvalue weighted by Crippen LogP contribution is 1.92. The van der Waals surface area contributed by atoms with E-state index < -0.39 is 0 Å². The first-order chi connectivity index (χ1) is 6.39. The maximum absolute atomic E-state index is 3.67. The Bertz CT molecular complexity index is 279. The molecule has 2 rings (SSSR count). The van der Waals surface area contributed by atoms with Crippen LogP contribution in [0.1, 0.15) is 5.56 Å². The van der Waals surface area contributed by atoms with E-state index in [1.807, 2.05) is 18.2 Å². The lowest BCUT2D eigenvalue weighted by molar-refractivity contribution is 1.17. The van der Waals surface area contributed by atoms with Crippen LogP contribution in [-0.2, 0) is 0 Å². The normalized spacial score (nSPS) is 8.38. The van der Waals surface area contributed by atoms with Crippen LogP contribution in [0, 0.1) is 6.92 Å². The molecule has 1 aromatic heterocycles. The van der Waals surface area contributed by atoms with E-state index in [9.17, 15) is 0 Å². The number of benzene rings is 1. The van der Waals surface area contributed by atoms with Gasteiger partial charge in [0.25, 0.3) is 0 Å². The molecule has 0 bridgehead atoms. The van der Waals surface area contributed by atoms with Crippen molar-refractivity contribution in [1.29, 1.82) is 0 Å². The third kappa shape index (κ3) is 4.69. The van der Waals surface area contributed by atoms with Crippen LogP contribution in [0.15, 0.2) is 55.1 Å². The molecule has 0 atom stereocenters. The van der Waals surface area contributed by atoms with Gasteiger partial charge in [0.05, 0.1) is 0 Å². The molecule has 66 valence electrons. The van der Waals surface area contributed by atoms with E-state index in [-0.39, 0.29) is 0 Å². The predicted molar refractivity (Wildman–Crippen MR) is 53.2 cm³/mol. The van der Waals surface area contributed by atoms with Crippen LogP contribution >= 0.6 is 0 Å². The summed E-state index contributed by atoms with van der Waals surface area (Å²) in [4.78, 5) is 7.35. The lowest BCUT2D eigenvalue weighted by atomic mass is 10.2. The van der Waals surface area contributed by atoms with Gasteiger partial charge < -0.3 is 0 Å². The molecule has 0 fully saturated rings. The molecule has 0 aliphatic heterocycles. The van der Waals surface area contributed by atoms with Crippen molar-refractivity contribution in [2.75, 3.05) is 0 Å². The van der Waals surface area contributed by atoms with Crippen molar-refractivity contribution in [2.24, 2.45) is 0 Å². The summed E-state index contributed by atoms with van der Waals surface area (Å²) in [6.07, 6.45) is 4.88. The standard InChI is InChI=1S/C7H8.C4H4N2/c1-7-5-3-2-4-6-7;1-2-5-4-6-3-1/h2-6H,1H3;1-4H. The lowest BCUT2D eigenvalue weighted by Gasteiger charge is -1.82. The smallest absolute Gasteiger partial charge is 0.115 e. The minimum atomic E-state index is 1.32.